The van der Waals surface area contributed by atoms with Gasteiger partial charge in [0.2, 0.25) is 11.8 Å². The number of rotatable bonds is 11. The number of amides is 2. The summed E-state index contributed by atoms with van der Waals surface area (Å²) in [5.74, 6) is 0.223. The largest absolute Gasteiger partial charge is 0.493 e. The molecule has 2 rings (SSSR count). The van der Waals surface area contributed by atoms with Gasteiger partial charge in [-0.15, -0.1) is 11.8 Å². The van der Waals surface area contributed by atoms with Crippen LogP contribution in [0.25, 0.3) is 0 Å². The summed E-state index contributed by atoms with van der Waals surface area (Å²) >= 11 is 1.19. The third-order valence-electron chi connectivity index (χ3n) is 3.94. The fourth-order valence-electron chi connectivity index (χ4n) is 2.35. The van der Waals surface area contributed by atoms with Crippen molar-refractivity contribution in [1.82, 2.24) is 0 Å². The maximum absolute atomic E-state index is 12.9. The summed E-state index contributed by atoms with van der Waals surface area (Å²) in [5, 5.41) is 4.99. The van der Waals surface area contributed by atoms with Crippen LogP contribution >= 0.6 is 11.8 Å². The Morgan fingerprint density at radius 2 is 1.70 bits per heavy atom. The zero-order chi connectivity index (χ0) is 21.9. The van der Waals surface area contributed by atoms with Gasteiger partial charge in [-0.05, 0) is 43.3 Å². The number of halogens is 1. The van der Waals surface area contributed by atoms with E-state index in [9.17, 15) is 14.0 Å². The van der Waals surface area contributed by atoms with Crippen molar-refractivity contribution in [2.45, 2.75) is 12.2 Å². The zero-order valence-corrected chi connectivity index (χ0v) is 17.9. The molecule has 30 heavy (non-hydrogen) atoms. The molecule has 0 bridgehead atoms. The molecule has 162 valence electrons. The Labute approximate surface area is 179 Å². The molecule has 2 aromatic rings. The van der Waals surface area contributed by atoms with Crippen LogP contribution in [0.2, 0.25) is 0 Å². The lowest BCUT2D eigenvalue weighted by molar-refractivity contribution is -0.115. The highest BCUT2D eigenvalue weighted by molar-refractivity contribution is 8.01. The van der Waals surface area contributed by atoms with Gasteiger partial charge in [0.1, 0.15) is 12.4 Å². The number of carbonyl (C=O) groups excluding carboxylic acids is 2. The minimum atomic E-state index is -0.469. The first kappa shape index (κ1) is 23.5. The van der Waals surface area contributed by atoms with E-state index in [1.54, 1.807) is 32.2 Å². The van der Waals surface area contributed by atoms with Gasteiger partial charge in [-0.1, -0.05) is 0 Å². The zero-order valence-electron chi connectivity index (χ0n) is 17.1. The van der Waals surface area contributed by atoms with Gasteiger partial charge in [0.05, 0.1) is 24.7 Å². The van der Waals surface area contributed by atoms with Crippen LogP contribution < -0.4 is 20.1 Å². The molecular formula is C21H25FN2O5S. The van der Waals surface area contributed by atoms with Crippen LogP contribution in [0.4, 0.5) is 15.8 Å². The summed E-state index contributed by atoms with van der Waals surface area (Å²) in [6.45, 7) is 2.48. The first-order chi connectivity index (χ1) is 14.4. The summed E-state index contributed by atoms with van der Waals surface area (Å²) in [5.41, 5.74) is 1.05. The Hall–Kier alpha value is -2.78. The topological polar surface area (TPSA) is 85.9 Å². The fourth-order valence-corrected chi connectivity index (χ4v) is 3.04. The Kier molecular flexibility index (Phi) is 9.43. The van der Waals surface area contributed by atoms with Crippen molar-refractivity contribution in [3.8, 4) is 11.5 Å². The summed E-state index contributed by atoms with van der Waals surface area (Å²) in [6.07, 6.45) is 0. The van der Waals surface area contributed by atoms with Crippen LogP contribution in [0.15, 0.2) is 42.5 Å². The Balaban J connectivity index is 1.86. The van der Waals surface area contributed by atoms with Gasteiger partial charge in [-0.25, -0.2) is 4.39 Å². The van der Waals surface area contributed by atoms with Crippen molar-refractivity contribution in [2.24, 2.45) is 0 Å². The summed E-state index contributed by atoms with van der Waals surface area (Å²) in [4.78, 5) is 24.5. The van der Waals surface area contributed by atoms with E-state index in [1.165, 1.54) is 43.1 Å². The number of ether oxygens (including phenoxy) is 3. The smallest absolute Gasteiger partial charge is 0.237 e. The molecule has 0 radical (unpaired) electrons. The van der Waals surface area contributed by atoms with Crippen molar-refractivity contribution < 1.29 is 28.2 Å². The molecule has 9 heteroatoms. The molecule has 1 unspecified atom stereocenters. The lowest BCUT2D eigenvalue weighted by atomic mass is 10.2. The van der Waals surface area contributed by atoms with E-state index in [4.69, 9.17) is 14.2 Å². The van der Waals surface area contributed by atoms with Crippen molar-refractivity contribution in [2.75, 3.05) is 43.8 Å². The summed E-state index contributed by atoms with van der Waals surface area (Å²) in [6, 6.07) is 10.6. The third kappa shape index (κ3) is 7.57. The molecule has 0 heterocycles. The normalized spacial score (nSPS) is 11.5. The third-order valence-corrected chi connectivity index (χ3v) is 5.08. The molecule has 0 aliphatic heterocycles. The van der Waals surface area contributed by atoms with Crippen LogP contribution in [0.5, 0.6) is 11.5 Å². The lowest BCUT2D eigenvalue weighted by Crippen LogP contribution is -2.25. The van der Waals surface area contributed by atoms with E-state index in [1.807, 2.05) is 0 Å². The second-order valence-corrected chi connectivity index (χ2v) is 7.53. The van der Waals surface area contributed by atoms with Gasteiger partial charge >= 0.3 is 0 Å². The van der Waals surface area contributed by atoms with Crippen LogP contribution in [0.3, 0.4) is 0 Å². The molecule has 2 amide bonds. The van der Waals surface area contributed by atoms with Gasteiger partial charge in [0.15, 0.2) is 11.5 Å². The molecule has 2 aromatic carbocycles. The van der Waals surface area contributed by atoms with Gasteiger partial charge in [-0.3, -0.25) is 9.59 Å². The maximum atomic E-state index is 12.9. The van der Waals surface area contributed by atoms with Crippen molar-refractivity contribution in [3.63, 3.8) is 0 Å². The quantitative estimate of drug-likeness (QED) is 0.524. The van der Waals surface area contributed by atoms with Crippen molar-refractivity contribution in [1.29, 1.82) is 0 Å². The Morgan fingerprint density at radius 3 is 2.37 bits per heavy atom. The molecule has 0 spiro atoms. The Bertz CT molecular complexity index is 848. The van der Waals surface area contributed by atoms with E-state index < -0.39 is 5.25 Å². The molecule has 7 nitrogen and oxygen atoms in total. The summed E-state index contributed by atoms with van der Waals surface area (Å²) in [7, 11) is 3.11. The molecule has 0 saturated carbocycles. The van der Waals surface area contributed by atoms with Gasteiger partial charge in [0, 0.05) is 24.6 Å². The van der Waals surface area contributed by atoms with Gasteiger partial charge < -0.3 is 24.8 Å². The minimum Gasteiger partial charge on any atom is -0.493 e. The second-order valence-electron chi connectivity index (χ2n) is 6.20. The number of carbonyl (C=O) groups is 2. The highest BCUT2D eigenvalue weighted by atomic mass is 32.2. The predicted molar refractivity (Wildman–Crippen MR) is 116 cm³/mol. The number of methoxy groups -OCH3 is 2. The molecule has 0 saturated heterocycles. The van der Waals surface area contributed by atoms with E-state index >= 15 is 0 Å². The molecular weight excluding hydrogens is 411 g/mol. The van der Waals surface area contributed by atoms with Crippen LogP contribution in [-0.4, -0.2) is 50.3 Å². The number of thioether (sulfide) groups is 1. The molecule has 1 atom stereocenters. The fraction of sp³-hybridized carbons (Fsp3) is 0.333. The van der Waals surface area contributed by atoms with E-state index in [2.05, 4.69) is 10.6 Å². The first-order valence-corrected chi connectivity index (χ1v) is 10.3. The average molecular weight is 437 g/mol. The lowest BCUT2D eigenvalue weighted by Gasteiger charge is -2.15. The molecule has 0 aliphatic rings. The average Bonchev–Trinajstić information content (AvgIpc) is 2.74. The van der Waals surface area contributed by atoms with Gasteiger partial charge in [-0.2, -0.15) is 0 Å². The first-order valence-electron chi connectivity index (χ1n) is 9.20. The molecule has 2 N–H and O–H groups in total. The molecule has 0 aliphatic carbocycles. The minimum absolute atomic E-state index is 0.0833. The number of anilines is 2. The standard InChI is InChI=1S/C21H25FN2O5S/c1-14(30-13-20(25)23-16-6-4-15(22)5-7-16)21(26)24-17-8-9-18(28-3)19(12-17)29-11-10-27-2/h4-9,12,14H,10-11,13H2,1-3H3,(H,23,25)(H,24,26). The maximum Gasteiger partial charge on any atom is 0.237 e. The number of nitrogens with one attached hydrogen (secondary N) is 2. The second kappa shape index (κ2) is 12.0. The highest BCUT2D eigenvalue weighted by Crippen LogP contribution is 2.30. The monoisotopic (exact) mass is 436 g/mol. The predicted octanol–water partition coefficient (Wildman–Crippen LogP) is 3.56. The van der Waals surface area contributed by atoms with Crippen LogP contribution in [0, 0.1) is 5.82 Å². The van der Waals surface area contributed by atoms with Crippen LogP contribution in [-0.2, 0) is 14.3 Å². The van der Waals surface area contributed by atoms with E-state index in [0.717, 1.165) is 0 Å². The number of benzene rings is 2. The van der Waals surface area contributed by atoms with Crippen molar-refractivity contribution in [3.05, 3.63) is 48.3 Å². The van der Waals surface area contributed by atoms with Crippen molar-refractivity contribution >= 4 is 35.0 Å². The van der Waals surface area contributed by atoms with Gasteiger partial charge in [0.25, 0.3) is 0 Å². The number of hydrogen-bond acceptors (Lipinski definition) is 6. The molecule has 0 aromatic heterocycles. The van der Waals surface area contributed by atoms with E-state index in [0.29, 0.717) is 36.1 Å². The van der Waals surface area contributed by atoms with E-state index in [-0.39, 0.29) is 23.4 Å². The SMILES string of the molecule is COCCOc1cc(NC(=O)C(C)SCC(=O)Nc2ccc(F)cc2)ccc1OC. The summed E-state index contributed by atoms with van der Waals surface area (Å²) < 4.78 is 28.7. The Morgan fingerprint density at radius 1 is 1.00 bits per heavy atom. The number of hydrogen-bond donors (Lipinski definition) is 2. The molecule has 0 fully saturated rings. The highest BCUT2D eigenvalue weighted by Gasteiger charge is 2.16. The van der Waals surface area contributed by atoms with Crippen LogP contribution in [0.1, 0.15) is 6.92 Å².